The Labute approximate surface area is 157 Å². The first kappa shape index (κ1) is 17.2. The van der Waals surface area contributed by atoms with Gasteiger partial charge in [0, 0.05) is 49.0 Å². The molecular weight excluding hydrogens is 340 g/mol. The molecule has 1 aliphatic carbocycles. The van der Waals surface area contributed by atoms with Crippen LogP contribution in [0.15, 0.2) is 55.1 Å². The Bertz CT molecular complexity index is 915. The smallest absolute Gasteiger partial charge is 0.254 e. The van der Waals surface area contributed by atoms with Crippen LogP contribution < -0.4 is 10.6 Å². The predicted octanol–water partition coefficient (Wildman–Crippen LogP) is 2.94. The number of carbonyl (C=O) groups is 1. The first-order chi connectivity index (χ1) is 13.1. The molecule has 1 fully saturated rings. The first-order valence-electron chi connectivity index (χ1n) is 9.04. The molecule has 2 N–H and O–H groups in total. The van der Waals surface area contributed by atoms with E-state index in [4.69, 9.17) is 0 Å². The second kappa shape index (κ2) is 7.19. The van der Waals surface area contributed by atoms with E-state index in [1.54, 1.807) is 12.4 Å². The highest BCUT2D eigenvalue weighted by Gasteiger charge is 2.43. The van der Waals surface area contributed by atoms with E-state index in [1.807, 2.05) is 49.6 Å². The summed E-state index contributed by atoms with van der Waals surface area (Å²) in [4.78, 5) is 25.2. The van der Waals surface area contributed by atoms with E-state index in [0.717, 1.165) is 30.9 Å². The Morgan fingerprint density at radius 2 is 1.89 bits per heavy atom. The quantitative estimate of drug-likeness (QED) is 0.675. The molecule has 2 heterocycles. The molecule has 3 aromatic rings. The molecule has 1 aliphatic rings. The Morgan fingerprint density at radius 1 is 1.15 bits per heavy atom. The van der Waals surface area contributed by atoms with Gasteiger partial charge in [0.1, 0.15) is 5.82 Å². The standard InChI is InChI=1S/C20H22N6O/c1-15-21-9-10-26(15)14-20(7-8-20)13-24-18(27)16-11-22-19(23-12-16)25-17-5-3-2-4-6-17/h2-6,9-12H,7-8,13-14H2,1H3,(H,24,27)(H,22,23,25). The van der Waals surface area contributed by atoms with Gasteiger partial charge in [0.15, 0.2) is 0 Å². The van der Waals surface area contributed by atoms with Gasteiger partial charge >= 0.3 is 0 Å². The van der Waals surface area contributed by atoms with Crippen molar-refractivity contribution in [3.63, 3.8) is 0 Å². The van der Waals surface area contributed by atoms with E-state index in [2.05, 4.69) is 30.2 Å². The van der Waals surface area contributed by atoms with Gasteiger partial charge in [-0.25, -0.2) is 15.0 Å². The number of hydrogen-bond donors (Lipinski definition) is 2. The van der Waals surface area contributed by atoms with Crippen molar-refractivity contribution in [1.29, 1.82) is 0 Å². The maximum atomic E-state index is 12.4. The summed E-state index contributed by atoms with van der Waals surface area (Å²) in [6, 6.07) is 9.68. The van der Waals surface area contributed by atoms with E-state index >= 15 is 0 Å². The monoisotopic (exact) mass is 362 g/mol. The van der Waals surface area contributed by atoms with Gasteiger partial charge in [-0.1, -0.05) is 18.2 Å². The summed E-state index contributed by atoms with van der Waals surface area (Å²) in [5, 5.41) is 6.13. The fourth-order valence-electron chi connectivity index (χ4n) is 3.03. The number of carbonyl (C=O) groups excluding carboxylic acids is 1. The Kier molecular flexibility index (Phi) is 4.58. The maximum absolute atomic E-state index is 12.4. The van der Waals surface area contributed by atoms with Crippen LogP contribution in [-0.4, -0.2) is 32.0 Å². The van der Waals surface area contributed by atoms with Gasteiger partial charge in [0.25, 0.3) is 5.91 Å². The third kappa shape index (κ3) is 4.13. The predicted molar refractivity (Wildman–Crippen MR) is 103 cm³/mol. The maximum Gasteiger partial charge on any atom is 0.254 e. The van der Waals surface area contributed by atoms with Crippen LogP contribution in [0.3, 0.4) is 0 Å². The van der Waals surface area contributed by atoms with Crippen molar-refractivity contribution in [2.45, 2.75) is 26.3 Å². The van der Waals surface area contributed by atoms with Crippen LogP contribution in [0.2, 0.25) is 0 Å². The molecule has 7 nitrogen and oxygen atoms in total. The molecule has 0 radical (unpaired) electrons. The van der Waals surface area contributed by atoms with E-state index in [9.17, 15) is 4.79 Å². The van der Waals surface area contributed by atoms with Gasteiger partial charge in [-0.05, 0) is 31.9 Å². The number of benzene rings is 1. The molecule has 0 unspecified atom stereocenters. The lowest BCUT2D eigenvalue weighted by molar-refractivity contribution is 0.0942. The second-order valence-corrected chi connectivity index (χ2v) is 7.07. The van der Waals surface area contributed by atoms with Crippen molar-refractivity contribution in [2.24, 2.45) is 5.41 Å². The minimum atomic E-state index is -0.144. The van der Waals surface area contributed by atoms with Crippen LogP contribution in [0.4, 0.5) is 11.6 Å². The zero-order valence-corrected chi connectivity index (χ0v) is 15.2. The number of nitrogens with one attached hydrogen (secondary N) is 2. The third-order valence-electron chi connectivity index (χ3n) is 4.95. The molecule has 138 valence electrons. The normalized spacial score (nSPS) is 14.6. The van der Waals surface area contributed by atoms with Gasteiger partial charge in [-0.2, -0.15) is 0 Å². The van der Waals surface area contributed by atoms with Crippen LogP contribution in [0.5, 0.6) is 0 Å². The molecule has 0 atom stereocenters. The number of para-hydroxylation sites is 1. The van der Waals surface area contributed by atoms with Gasteiger partial charge in [0.2, 0.25) is 5.95 Å². The van der Waals surface area contributed by atoms with Gasteiger partial charge in [-0.3, -0.25) is 4.79 Å². The largest absolute Gasteiger partial charge is 0.351 e. The van der Waals surface area contributed by atoms with Crippen LogP contribution in [0.1, 0.15) is 29.0 Å². The summed E-state index contributed by atoms with van der Waals surface area (Å²) in [7, 11) is 0. The van der Waals surface area contributed by atoms with Crippen molar-refractivity contribution in [3.05, 3.63) is 66.5 Å². The Hall–Kier alpha value is -3.22. The highest BCUT2D eigenvalue weighted by molar-refractivity contribution is 5.93. The minimum Gasteiger partial charge on any atom is -0.351 e. The molecule has 4 rings (SSSR count). The summed E-state index contributed by atoms with van der Waals surface area (Å²) in [5.74, 6) is 1.32. The minimum absolute atomic E-state index is 0.136. The highest BCUT2D eigenvalue weighted by atomic mass is 16.1. The van der Waals surface area contributed by atoms with E-state index in [1.165, 1.54) is 0 Å². The number of aryl methyl sites for hydroxylation is 1. The van der Waals surface area contributed by atoms with E-state index in [-0.39, 0.29) is 11.3 Å². The molecular formula is C20H22N6O. The topological polar surface area (TPSA) is 84.7 Å². The zero-order valence-electron chi connectivity index (χ0n) is 15.2. The summed E-state index contributed by atoms with van der Waals surface area (Å²) in [6.45, 7) is 3.53. The third-order valence-corrected chi connectivity index (χ3v) is 4.95. The van der Waals surface area contributed by atoms with Crippen molar-refractivity contribution < 1.29 is 4.79 Å². The average Bonchev–Trinajstić information content (AvgIpc) is 3.35. The Morgan fingerprint density at radius 3 is 2.52 bits per heavy atom. The number of hydrogen-bond acceptors (Lipinski definition) is 5. The number of nitrogens with zero attached hydrogens (tertiary/aromatic N) is 4. The van der Waals surface area contributed by atoms with Crippen molar-refractivity contribution in [3.8, 4) is 0 Å². The number of imidazole rings is 1. The lowest BCUT2D eigenvalue weighted by Gasteiger charge is -2.17. The summed E-state index contributed by atoms with van der Waals surface area (Å²) < 4.78 is 2.15. The second-order valence-electron chi connectivity index (χ2n) is 7.07. The van der Waals surface area contributed by atoms with Gasteiger partial charge in [-0.15, -0.1) is 0 Å². The van der Waals surface area contributed by atoms with Crippen LogP contribution >= 0.6 is 0 Å². The zero-order chi connectivity index (χ0) is 18.7. The van der Waals surface area contributed by atoms with E-state index in [0.29, 0.717) is 18.1 Å². The number of anilines is 2. The molecule has 7 heteroatoms. The number of aromatic nitrogens is 4. The lowest BCUT2D eigenvalue weighted by Crippen LogP contribution is -2.32. The highest BCUT2D eigenvalue weighted by Crippen LogP contribution is 2.46. The molecule has 27 heavy (non-hydrogen) atoms. The van der Waals surface area contributed by atoms with Crippen LogP contribution in [0, 0.1) is 12.3 Å². The summed E-state index contributed by atoms with van der Waals surface area (Å²) in [6.07, 6.45) is 9.12. The van der Waals surface area contributed by atoms with Crippen molar-refractivity contribution >= 4 is 17.5 Å². The molecule has 2 aromatic heterocycles. The Balaban J connectivity index is 1.33. The number of amides is 1. The molecule has 0 bridgehead atoms. The fraction of sp³-hybridized carbons (Fsp3) is 0.300. The first-order valence-corrected chi connectivity index (χ1v) is 9.04. The molecule has 1 amide bonds. The van der Waals surface area contributed by atoms with Crippen LogP contribution in [0.25, 0.3) is 0 Å². The molecule has 1 saturated carbocycles. The molecule has 1 aromatic carbocycles. The van der Waals surface area contributed by atoms with Crippen molar-refractivity contribution in [2.75, 3.05) is 11.9 Å². The summed E-state index contributed by atoms with van der Waals surface area (Å²) >= 11 is 0. The SMILES string of the molecule is Cc1nccn1CC1(CNC(=O)c2cnc(Nc3ccccc3)nc2)CC1. The molecule has 0 aliphatic heterocycles. The van der Waals surface area contributed by atoms with Gasteiger partial charge < -0.3 is 15.2 Å². The molecule has 0 saturated heterocycles. The van der Waals surface area contributed by atoms with Crippen molar-refractivity contribution in [1.82, 2.24) is 24.8 Å². The average molecular weight is 362 g/mol. The van der Waals surface area contributed by atoms with Crippen LogP contribution in [-0.2, 0) is 6.54 Å². The fourth-order valence-corrected chi connectivity index (χ4v) is 3.03. The molecule has 0 spiro atoms. The lowest BCUT2D eigenvalue weighted by atomic mass is 10.1. The van der Waals surface area contributed by atoms with Gasteiger partial charge in [0.05, 0.1) is 5.56 Å². The van der Waals surface area contributed by atoms with E-state index < -0.39 is 0 Å². The number of rotatable bonds is 7. The summed E-state index contributed by atoms with van der Waals surface area (Å²) in [5.41, 5.74) is 1.50.